The maximum Gasteiger partial charge on any atom is 0.184 e. The van der Waals surface area contributed by atoms with Gasteiger partial charge in [-0.3, -0.25) is 0 Å². The number of aliphatic hydroxyl groups excluding tert-OH is 1. The Morgan fingerprint density at radius 3 is 1.80 bits per heavy atom. The highest BCUT2D eigenvalue weighted by atomic mass is 16.3. The number of aliphatic hydroxyl groups is 1. The summed E-state index contributed by atoms with van der Waals surface area (Å²) in [7, 11) is 0. The van der Waals surface area contributed by atoms with E-state index in [1.165, 1.54) is 5.56 Å². The molecule has 0 bridgehead atoms. The minimum atomic E-state index is -0.822. The van der Waals surface area contributed by atoms with Crippen LogP contribution in [0.5, 0.6) is 0 Å². The molecule has 1 heterocycles. The van der Waals surface area contributed by atoms with Gasteiger partial charge in [-0.2, -0.15) is 0 Å². The van der Waals surface area contributed by atoms with Crippen molar-refractivity contribution in [3.63, 3.8) is 0 Å². The van der Waals surface area contributed by atoms with Crippen molar-refractivity contribution in [3.05, 3.63) is 161 Å². The molecule has 1 aromatic heterocycles. The first kappa shape index (κ1) is 24.2. The fourth-order valence-corrected chi connectivity index (χ4v) is 6.18. The first-order valence-corrected chi connectivity index (χ1v) is 13.6. The molecule has 40 heavy (non-hydrogen) atoms. The second-order valence-electron chi connectivity index (χ2n) is 10.2. The Kier molecular flexibility index (Phi) is 6.06. The Morgan fingerprint density at radius 2 is 1.20 bits per heavy atom. The molecule has 7 rings (SSSR count). The van der Waals surface area contributed by atoms with Gasteiger partial charge in [-0.1, -0.05) is 133 Å². The van der Waals surface area contributed by atoms with Crippen molar-refractivity contribution in [1.82, 2.24) is 20.2 Å². The van der Waals surface area contributed by atoms with E-state index in [2.05, 4.69) is 113 Å². The predicted octanol–water partition coefficient (Wildman–Crippen LogP) is 6.83. The van der Waals surface area contributed by atoms with Crippen LogP contribution in [0.2, 0.25) is 0 Å². The van der Waals surface area contributed by atoms with E-state index >= 15 is 0 Å². The van der Waals surface area contributed by atoms with Gasteiger partial charge >= 0.3 is 0 Å². The van der Waals surface area contributed by atoms with E-state index in [1.807, 2.05) is 35.0 Å². The molecule has 1 N–H and O–H groups in total. The quantitative estimate of drug-likeness (QED) is 0.245. The Hall–Kier alpha value is -4.87. The molecule has 5 nitrogen and oxygen atoms in total. The van der Waals surface area contributed by atoms with Crippen LogP contribution in [0.3, 0.4) is 0 Å². The zero-order valence-corrected chi connectivity index (χ0v) is 21.9. The van der Waals surface area contributed by atoms with Gasteiger partial charge in [0.2, 0.25) is 0 Å². The molecule has 0 aliphatic heterocycles. The maximum absolute atomic E-state index is 10.4. The van der Waals surface area contributed by atoms with Crippen molar-refractivity contribution in [2.24, 2.45) is 0 Å². The second kappa shape index (κ2) is 10.0. The van der Waals surface area contributed by atoms with Crippen LogP contribution in [0.25, 0.3) is 22.5 Å². The summed E-state index contributed by atoms with van der Waals surface area (Å²) in [5.41, 5.74) is 7.66. The monoisotopic (exact) mass is 520 g/mol. The highest BCUT2D eigenvalue weighted by Crippen LogP contribution is 2.44. The third-order valence-corrected chi connectivity index (χ3v) is 8.03. The Morgan fingerprint density at radius 1 is 0.650 bits per heavy atom. The lowest BCUT2D eigenvalue weighted by atomic mass is 9.77. The molecule has 0 fully saturated rings. The van der Waals surface area contributed by atoms with E-state index in [-0.39, 0.29) is 6.10 Å². The van der Waals surface area contributed by atoms with Crippen molar-refractivity contribution in [1.29, 1.82) is 0 Å². The van der Waals surface area contributed by atoms with Gasteiger partial charge in [-0.05, 0) is 62.2 Å². The zero-order valence-electron chi connectivity index (χ0n) is 21.9. The first-order valence-electron chi connectivity index (χ1n) is 13.6. The van der Waals surface area contributed by atoms with E-state index in [1.54, 1.807) is 0 Å². The molecular formula is C35H28N4O. The average Bonchev–Trinajstić information content (AvgIpc) is 3.66. The SMILES string of the molecule is O[C@H]1CCc2cc(-c3ccccc3-c3nnnn3C(c3ccccc3)(c3ccccc3)c3ccccc3)ccc21. The number of rotatable bonds is 6. The number of hydrogen-bond acceptors (Lipinski definition) is 4. The van der Waals surface area contributed by atoms with Gasteiger partial charge in [0.25, 0.3) is 0 Å². The number of tetrazole rings is 1. The van der Waals surface area contributed by atoms with Crippen molar-refractivity contribution >= 4 is 0 Å². The van der Waals surface area contributed by atoms with Crippen molar-refractivity contribution in [3.8, 4) is 22.5 Å². The van der Waals surface area contributed by atoms with Gasteiger partial charge < -0.3 is 5.11 Å². The van der Waals surface area contributed by atoms with Crippen LogP contribution in [-0.4, -0.2) is 25.3 Å². The molecule has 6 aromatic rings. The van der Waals surface area contributed by atoms with E-state index in [0.717, 1.165) is 51.8 Å². The molecule has 0 unspecified atom stereocenters. The largest absolute Gasteiger partial charge is 0.388 e. The summed E-state index contributed by atoms with van der Waals surface area (Å²) in [6.45, 7) is 0. The lowest BCUT2D eigenvalue weighted by Gasteiger charge is -2.36. The van der Waals surface area contributed by atoms with Crippen LogP contribution < -0.4 is 0 Å². The minimum absolute atomic E-state index is 0.380. The molecule has 5 heteroatoms. The molecule has 1 aliphatic rings. The minimum Gasteiger partial charge on any atom is -0.388 e. The Labute approximate surface area is 233 Å². The Balaban J connectivity index is 1.50. The first-order chi connectivity index (χ1) is 19.8. The van der Waals surface area contributed by atoms with Crippen LogP contribution in [-0.2, 0) is 12.0 Å². The van der Waals surface area contributed by atoms with Gasteiger partial charge in [0.05, 0.1) is 6.10 Å². The van der Waals surface area contributed by atoms with Crippen molar-refractivity contribution in [2.45, 2.75) is 24.5 Å². The summed E-state index contributed by atoms with van der Waals surface area (Å²) in [5.74, 6) is 0.674. The van der Waals surface area contributed by atoms with E-state index in [4.69, 9.17) is 5.21 Å². The van der Waals surface area contributed by atoms with Crippen LogP contribution >= 0.6 is 0 Å². The highest BCUT2D eigenvalue weighted by molar-refractivity contribution is 5.81. The lowest BCUT2D eigenvalue weighted by Crippen LogP contribution is -2.39. The van der Waals surface area contributed by atoms with Crippen molar-refractivity contribution < 1.29 is 5.11 Å². The molecular weight excluding hydrogens is 492 g/mol. The normalized spacial score (nSPS) is 14.7. The van der Waals surface area contributed by atoms with E-state index < -0.39 is 5.54 Å². The van der Waals surface area contributed by atoms with Crippen LogP contribution in [0.4, 0.5) is 0 Å². The molecule has 5 aromatic carbocycles. The van der Waals surface area contributed by atoms with Crippen LogP contribution in [0.1, 0.15) is 40.3 Å². The number of benzene rings is 5. The topological polar surface area (TPSA) is 63.8 Å². The highest BCUT2D eigenvalue weighted by Gasteiger charge is 2.42. The third kappa shape index (κ3) is 3.86. The number of fused-ring (bicyclic) bond motifs is 1. The summed E-state index contributed by atoms with van der Waals surface area (Å²) in [5, 5.41) is 24.0. The lowest BCUT2D eigenvalue weighted by molar-refractivity contribution is 0.180. The molecule has 1 aliphatic carbocycles. The molecule has 0 saturated carbocycles. The van der Waals surface area contributed by atoms with E-state index in [9.17, 15) is 5.11 Å². The van der Waals surface area contributed by atoms with Crippen molar-refractivity contribution in [2.75, 3.05) is 0 Å². The fourth-order valence-electron chi connectivity index (χ4n) is 6.18. The number of aromatic nitrogens is 4. The molecule has 194 valence electrons. The molecule has 0 amide bonds. The summed E-state index contributed by atoms with van der Waals surface area (Å²) < 4.78 is 1.98. The number of hydrogen-bond donors (Lipinski definition) is 1. The van der Waals surface area contributed by atoms with Gasteiger partial charge in [0.15, 0.2) is 5.82 Å². The van der Waals surface area contributed by atoms with Gasteiger partial charge in [0, 0.05) is 5.56 Å². The standard InChI is InChI=1S/C35H28N4O/c40-33-23-21-26-24-25(20-22-31(26)33)30-18-10-11-19-32(30)34-36-37-38-39(34)35(27-12-4-1-5-13-27,28-14-6-2-7-15-28)29-16-8-3-9-17-29/h1-20,22,24,33,40H,21,23H2/t33-/m0/s1. The second-order valence-corrected chi connectivity index (χ2v) is 10.2. The van der Waals surface area contributed by atoms with Gasteiger partial charge in [0.1, 0.15) is 5.54 Å². The molecule has 1 atom stereocenters. The van der Waals surface area contributed by atoms with Crippen LogP contribution in [0.15, 0.2) is 133 Å². The third-order valence-electron chi connectivity index (χ3n) is 8.03. The van der Waals surface area contributed by atoms with E-state index in [0.29, 0.717) is 5.82 Å². The summed E-state index contributed by atoms with van der Waals surface area (Å²) in [6, 6.07) is 46.0. The van der Waals surface area contributed by atoms with Gasteiger partial charge in [-0.15, -0.1) is 5.10 Å². The summed E-state index contributed by atoms with van der Waals surface area (Å²) in [4.78, 5) is 0. The summed E-state index contributed by atoms with van der Waals surface area (Å²) >= 11 is 0. The fraction of sp³-hybridized carbons (Fsp3) is 0.114. The number of nitrogens with zero attached hydrogens (tertiary/aromatic N) is 4. The predicted molar refractivity (Wildman–Crippen MR) is 157 cm³/mol. The zero-order chi connectivity index (χ0) is 26.9. The average molecular weight is 521 g/mol. The number of aryl methyl sites for hydroxylation is 1. The van der Waals surface area contributed by atoms with Gasteiger partial charge in [-0.25, -0.2) is 4.68 Å². The molecule has 0 saturated heterocycles. The summed E-state index contributed by atoms with van der Waals surface area (Å²) in [6.07, 6.45) is 1.27. The molecule has 0 radical (unpaired) electrons. The smallest absolute Gasteiger partial charge is 0.184 e. The van der Waals surface area contributed by atoms with Crippen LogP contribution in [0, 0.1) is 0 Å². The Bertz CT molecular complexity index is 1670. The molecule has 0 spiro atoms. The maximum atomic E-state index is 10.4.